The molecule has 1 aromatic rings. The zero-order valence-electron chi connectivity index (χ0n) is 16.7. The van der Waals surface area contributed by atoms with Gasteiger partial charge in [-0.15, -0.1) is 0 Å². The minimum atomic E-state index is -2.99. The van der Waals surface area contributed by atoms with E-state index in [1.54, 1.807) is 24.1 Å². The predicted molar refractivity (Wildman–Crippen MR) is 107 cm³/mol. The van der Waals surface area contributed by atoms with E-state index in [2.05, 4.69) is 10.2 Å². The van der Waals surface area contributed by atoms with Crippen LogP contribution in [0.25, 0.3) is 0 Å². The van der Waals surface area contributed by atoms with Crippen LogP contribution in [0.4, 0.5) is 0 Å². The van der Waals surface area contributed by atoms with Gasteiger partial charge in [-0.05, 0) is 17.7 Å². The van der Waals surface area contributed by atoms with E-state index < -0.39 is 15.9 Å². The summed E-state index contributed by atoms with van der Waals surface area (Å²) in [5.74, 6) is 0.613. The molecule has 0 aromatic heterocycles. The summed E-state index contributed by atoms with van der Waals surface area (Å²) in [5.41, 5.74) is 0.844. The molecule has 1 aliphatic rings. The lowest BCUT2D eigenvalue weighted by Crippen LogP contribution is -2.50. The predicted octanol–water partition coefficient (Wildman–Crippen LogP) is 0.451. The number of carbonyl (C=O) groups excluding carboxylic acids is 2. The van der Waals surface area contributed by atoms with E-state index >= 15 is 0 Å². The lowest BCUT2D eigenvalue weighted by Gasteiger charge is -2.35. The van der Waals surface area contributed by atoms with Crippen LogP contribution in [0.15, 0.2) is 24.3 Å². The zero-order chi connectivity index (χ0) is 20.7. The highest BCUT2D eigenvalue weighted by Gasteiger charge is 2.25. The standard InChI is InChI=1S/C19H29N3O5S/c1-15(23)20-18(16-4-6-17(27-2)7-5-16)14-19(24)22-10-8-21(9-11-22)12-13-28(3,25)26/h4-7,18H,8-14H2,1-3H3,(H,20,23). The van der Waals surface area contributed by atoms with E-state index in [9.17, 15) is 18.0 Å². The average Bonchev–Trinajstić information content (AvgIpc) is 2.65. The Morgan fingerprint density at radius 2 is 1.75 bits per heavy atom. The highest BCUT2D eigenvalue weighted by Crippen LogP contribution is 2.21. The number of benzene rings is 1. The molecule has 0 bridgehead atoms. The van der Waals surface area contributed by atoms with Gasteiger partial charge in [0.15, 0.2) is 0 Å². The molecule has 1 N–H and O–H groups in total. The van der Waals surface area contributed by atoms with Gasteiger partial charge < -0.3 is 15.0 Å². The number of hydrogen-bond acceptors (Lipinski definition) is 6. The molecule has 1 saturated heterocycles. The number of carbonyl (C=O) groups is 2. The van der Waals surface area contributed by atoms with Crippen molar-refractivity contribution >= 4 is 21.7 Å². The van der Waals surface area contributed by atoms with Gasteiger partial charge in [0, 0.05) is 45.9 Å². The molecule has 0 radical (unpaired) electrons. The Kier molecular flexibility index (Phi) is 7.82. The molecule has 1 fully saturated rings. The number of rotatable bonds is 8. The van der Waals surface area contributed by atoms with Crippen LogP contribution >= 0.6 is 0 Å². The number of hydrogen-bond donors (Lipinski definition) is 1. The Bertz CT molecular complexity index is 771. The summed E-state index contributed by atoms with van der Waals surface area (Å²) in [4.78, 5) is 28.2. The Morgan fingerprint density at radius 1 is 1.14 bits per heavy atom. The summed E-state index contributed by atoms with van der Waals surface area (Å²) in [7, 11) is -1.41. The van der Waals surface area contributed by atoms with Crippen LogP contribution in [0, 0.1) is 0 Å². The van der Waals surface area contributed by atoms with Crippen molar-refractivity contribution in [1.29, 1.82) is 0 Å². The molecule has 0 aliphatic carbocycles. The summed E-state index contributed by atoms with van der Waals surface area (Å²) in [6.07, 6.45) is 1.41. The second kappa shape index (κ2) is 9.88. The third-order valence-corrected chi connectivity index (χ3v) is 5.70. The highest BCUT2D eigenvalue weighted by atomic mass is 32.2. The van der Waals surface area contributed by atoms with Gasteiger partial charge in [0.1, 0.15) is 15.6 Å². The van der Waals surface area contributed by atoms with Crippen LogP contribution < -0.4 is 10.1 Å². The van der Waals surface area contributed by atoms with Crippen molar-refractivity contribution in [2.45, 2.75) is 19.4 Å². The number of amides is 2. The van der Waals surface area contributed by atoms with Crippen molar-refractivity contribution in [3.8, 4) is 5.75 Å². The molecule has 0 saturated carbocycles. The van der Waals surface area contributed by atoms with Crippen molar-refractivity contribution in [2.75, 3.05) is 51.8 Å². The highest BCUT2D eigenvalue weighted by molar-refractivity contribution is 7.90. The Hall–Kier alpha value is -2.13. The second-order valence-corrected chi connectivity index (χ2v) is 9.34. The molecule has 28 heavy (non-hydrogen) atoms. The summed E-state index contributed by atoms with van der Waals surface area (Å²) in [6, 6.07) is 6.88. The third-order valence-electron chi connectivity index (χ3n) is 4.78. The third kappa shape index (κ3) is 7.12. The van der Waals surface area contributed by atoms with E-state index in [4.69, 9.17) is 4.74 Å². The van der Waals surface area contributed by atoms with Gasteiger partial charge in [-0.1, -0.05) is 12.1 Å². The number of sulfone groups is 1. The van der Waals surface area contributed by atoms with Gasteiger partial charge in [-0.2, -0.15) is 0 Å². The molecule has 1 aromatic carbocycles. The molecule has 2 amide bonds. The number of nitrogens with zero attached hydrogens (tertiary/aromatic N) is 2. The average molecular weight is 412 g/mol. The lowest BCUT2D eigenvalue weighted by molar-refractivity contribution is -0.133. The van der Waals surface area contributed by atoms with Crippen molar-refractivity contribution in [2.24, 2.45) is 0 Å². The van der Waals surface area contributed by atoms with Crippen LogP contribution in [0.5, 0.6) is 5.75 Å². The maximum absolute atomic E-state index is 12.7. The van der Waals surface area contributed by atoms with Crippen LogP contribution in [-0.2, 0) is 19.4 Å². The first-order chi connectivity index (χ1) is 13.2. The number of nitrogens with one attached hydrogen (secondary N) is 1. The van der Waals surface area contributed by atoms with Crippen LogP contribution in [0.2, 0.25) is 0 Å². The minimum absolute atomic E-state index is 0.0302. The minimum Gasteiger partial charge on any atom is -0.497 e. The summed E-state index contributed by atoms with van der Waals surface area (Å²) < 4.78 is 27.7. The number of methoxy groups -OCH3 is 1. The molecular formula is C19H29N3O5S. The molecule has 9 heteroatoms. The van der Waals surface area contributed by atoms with Gasteiger partial charge in [0.25, 0.3) is 0 Å². The molecular weight excluding hydrogens is 382 g/mol. The van der Waals surface area contributed by atoms with Gasteiger partial charge >= 0.3 is 0 Å². The molecule has 0 spiro atoms. The molecule has 2 rings (SSSR count). The fourth-order valence-electron chi connectivity index (χ4n) is 3.15. The van der Waals surface area contributed by atoms with E-state index in [0.717, 1.165) is 5.56 Å². The first-order valence-electron chi connectivity index (χ1n) is 9.27. The molecule has 1 unspecified atom stereocenters. The Balaban J connectivity index is 1.93. The van der Waals surface area contributed by atoms with E-state index in [0.29, 0.717) is 38.5 Å². The monoisotopic (exact) mass is 411 g/mol. The number of piperazine rings is 1. The summed E-state index contributed by atoms with van der Waals surface area (Å²) in [5, 5.41) is 2.84. The van der Waals surface area contributed by atoms with Crippen LogP contribution in [-0.4, -0.2) is 81.9 Å². The lowest BCUT2D eigenvalue weighted by atomic mass is 10.0. The first-order valence-corrected chi connectivity index (χ1v) is 11.3. The summed E-state index contributed by atoms with van der Waals surface area (Å²) >= 11 is 0. The fourth-order valence-corrected chi connectivity index (χ4v) is 3.74. The Morgan fingerprint density at radius 3 is 2.25 bits per heavy atom. The SMILES string of the molecule is COc1ccc(C(CC(=O)N2CCN(CCS(C)(=O)=O)CC2)NC(C)=O)cc1. The van der Waals surface area contributed by atoms with Gasteiger partial charge in [-0.25, -0.2) is 8.42 Å². The topological polar surface area (TPSA) is 96.0 Å². The fraction of sp³-hybridized carbons (Fsp3) is 0.579. The van der Waals surface area contributed by atoms with Gasteiger partial charge in [0.05, 0.1) is 25.3 Å². The van der Waals surface area contributed by atoms with Crippen LogP contribution in [0.3, 0.4) is 0 Å². The molecule has 8 nitrogen and oxygen atoms in total. The second-order valence-electron chi connectivity index (χ2n) is 7.08. The van der Waals surface area contributed by atoms with Crippen molar-refractivity contribution in [3.63, 3.8) is 0 Å². The molecule has 1 aliphatic heterocycles. The molecule has 1 heterocycles. The quantitative estimate of drug-likeness (QED) is 0.667. The van der Waals surface area contributed by atoms with Crippen molar-refractivity contribution < 1.29 is 22.7 Å². The van der Waals surface area contributed by atoms with Crippen molar-refractivity contribution in [3.05, 3.63) is 29.8 Å². The first kappa shape index (κ1) is 22.2. The smallest absolute Gasteiger partial charge is 0.225 e. The van der Waals surface area contributed by atoms with Crippen LogP contribution in [0.1, 0.15) is 24.9 Å². The van der Waals surface area contributed by atoms with Crippen molar-refractivity contribution in [1.82, 2.24) is 15.1 Å². The van der Waals surface area contributed by atoms with E-state index in [1.165, 1.54) is 13.2 Å². The normalized spacial score (nSPS) is 16.5. The van der Waals surface area contributed by atoms with E-state index in [-0.39, 0.29) is 24.0 Å². The van der Waals surface area contributed by atoms with Gasteiger partial charge in [0.2, 0.25) is 11.8 Å². The van der Waals surface area contributed by atoms with Gasteiger partial charge in [-0.3, -0.25) is 14.5 Å². The maximum Gasteiger partial charge on any atom is 0.225 e. The van der Waals surface area contributed by atoms with E-state index in [1.807, 2.05) is 12.1 Å². The Labute approximate surface area is 166 Å². The zero-order valence-corrected chi connectivity index (χ0v) is 17.5. The largest absolute Gasteiger partial charge is 0.497 e. The molecule has 156 valence electrons. The molecule has 1 atom stereocenters. The number of ether oxygens (including phenoxy) is 1. The maximum atomic E-state index is 12.7. The summed E-state index contributed by atoms with van der Waals surface area (Å²) in [6.45, 7) is 4.32.